The summed E-state index contributed by atoms with van der Waals surface area (Å²) in [6.45, 7) is 8.61. The zero-order chi connectivity index (χ0) is 12.5. The number of hydrogen-bond donors (Lipinski definition) is 1. The van der Waals surface area contributed by atoms with E-state index in [1.165, 1.54) is 12.8 Å². The highest BCUT2D eigenvalue weighted by Gasteiger charge is 2.37. The summed E-state index contributed by atoms with van der Waals surface area (Å²) in [5, 5.41) is 9.51. The first kappa shape index (κ1) is 13.3. The minimum Gasteiger partial charge on any atom is -0.395 e. The molecule has 0 aromatic carbocycles. The number of rotatable bonds is 3. The van der Waals surface area contributed by atoms with Crippen LogP contribution < -0.4 is 0 Å². The lowest BCUT2D eigenvalue weighted by Crippen LogP contribution is -2.63. The van der Waals surface area contributed by atoms with Gasteiger partial charge in [-0.05, 0) is 33.7 Å². The van der Waals surface area contributed by atoms with Gasteiger partial charge in [-0.1, -0.05) is 0 Å². The molecule has 0 aromatic rings. The Balaban J connectivity index is 1.97. The van der Waals surface area contributed by atoms with E-state index in [-0.39, 0.29) is 18.2 Å². The van der Waals surface area contributed by atoms with Gasteiger partial charge in [-0.3, -0.25) is 9.80 Å². The molecule has 2 saturated heterocycles. The number of aliphatic hydroxyl groups is 1. The van der Waals surface area contributed by atoms with Crippen molar-refractivity contribution in [2.24, 2.45) is 0 Å². The Morgan fingerprint density at radius 2 is 2.18 bits per heavy atom. The van der Waals surface area contributed by atoms with Gasteiger partial charge >= 0.3 is 0 Å². The van der Waals surface area contributed by atoms with Crippen molar-refractivity contribution >= 4 is 0 Å². The maximum atomic E-state index is 9.51. The Bertz CT molecular complexity index is 252. The van der Waals surface area contributed by atoms with Crippen LogP contribution in [0.4, 0.5) is 0 Å². The second-order valence-electron chi connectivity index (χ2n) is 6.09. The molecule has 2 aliphatic heterocycles. The quantitative estimate of drug-likeness (QED) is 0.784. The highest BCUT2D eigenvalue weighted by Crippen LogP contribution is 2.24. The molecule has 4 heteroatoms. The van der Waals surface area contributed by atoms with E-state index in [0.717, 1.165) is 26.2 Å². The van der Waals surface area contributed by atoms with Crippen LogP contribution in [0, 0.1) is 0 Å². The lowest BCUT2D eigenvalue weighted by Gasteiger charge is -2.49. The van der Waals surface area contributed by atoms with Gasteiger partial charge in [0.2, 0.25) is 0 Å². The van der Waals surface area contributed by atoms with Crippen molar-refractivity contribution in [3.05, 3.63) is 0 Å². The van der Waals surface area contributed by atoms with Crippen molar-refractivity contribution in [1.29, 1.82) is 0 Å². The van der Waals surface area contributed by atoms with Gasteiger partial charge in [0.15, 0.2) is 0 Å². The van der Waals surface area contributed by atoms with Gasteiger partial charge in [0.05, 0.1) is 12.7 Å². The van der Waals surface area contributed by atoms with Gasteiger partial charge in [-0.15, -0.1) is 0 Å². The summed E-state index contributed by atoms with van der Waals surface area (Å²) in [5.74, 6) is 0. The van der Waals surface area contributed by atoms with Gasteiger partial charge in [-0.25, -0.2) is 0 Å². The van der Waals surface area contributed by atoms with E-state index in [1.54, 1.807) is 0 Å². The highest BCUT2D eigenvalue weighted by atomic mass is 16.5. The first-order chi connectivity index (χ1) is 8.03. The van der Waals surface area contributed by atoms with Crippen LogP contribution in [0.5, 0.6) is 0 Å². The SMILES string of the molecule is CN1CC(CO)N(CC2CCCO2)CC1(C)C. The van der Waals surface area contributed by atoms with E-state index in [9.17, 15) is 5.11 Å². The predicted molar refractivity (Wildman–Crippen MR) is 68.1 cm³/mol. The highest BCUT2D eigenvalue weighted by molar-refractivity contribution is 4.94. The smallest absolute Gasteiger partial charge is 0.0703 e. The average Bonchev–Trinajstić information content (AvgIpc) is 2.75. The molecule has 0 aromatic heterocycles. The fraction of sp³-hybridized carbons (Fsp3) is 1.00. The molecule has 1 N–H and O–H groups in total. The molecule has 2 heterocycles. The molecule has 2 fully saturated rings. The molecule has 2 rings (SSSR count). The zero-order valence-electron chi connectivity index (χ0n) is 11.4. The Hall–Kier alpha value is -0.160. The standard InChI is InChI=1S/C13H26N2O2/c1-13(2)10-15(8-12-5-4-6-17-12)11(9-16)7-14(13)3/h11-12,16H,4-10H2,1-3H3. The number of ether oxygens (including phenoxy) is 1. The summed E-state index contributed by atoms with van der Waals surface area (Å²) in [4.78, 5) is 4.76. The molecule has 17 heavy (non-hydrogen) atoms. The van der Waals surface area contributed by atoms with E-state index in [1.807, 2.05) is 0 Å². The van der Waals surface area contributed by atoms with Crippen molar-refractivity contribution < 1.29 is 9.84 Å². The molecule has 0 saturated carbocycles. The normalized spacial score (nSPS) is 35.3. The number of likely N-dealkylation sites (N-methyl/N-ethyl adjacent to an activating group) is 1. The Morgan fingerprint density at radius 3 is 2.76 bits per heavy atom. The molecule has 4 nitrogen and oxygen atoms in total. The Labute approximate surface area is 105 Å². The van der Waals surface area contributed by atoms with Crippen molar-refractivity contribution in [3.63, 3.8) is 0 Å². The summed E-state index contributed by atoms with van der Waals surface area (Å²) in [6.07, 6.45) is 2.74. The van der Waals surface area contributed by atoms with Gasteiger partial charge in [0.1, 0.15) is 0 Å². The van der Waals surface area contributed by atoms with Crippen LogP contribution in [0.25, 0.3) is 0 Å². The lowest BCUT2D eigenvalue weighted by molar-refractivity contribution is -0.0421. The third-order valence-electron chi connectivity index (χ3n) is 4.30. The first-order valence-corrected chi connectivity index (χ1v) is 6.70. The van der Waals surface area contributed by atoms with Crippen LogP contribution >= 0.6 is 0 Å². The monoisotopic (exact) mass is 242 g/mol. The Morgan fingerprint density at radius 1 is 1.41 bits per heavy atom. The van der Waals surface area contributed by atoms with Crippen LogP contribution in [-0.2, 0) is 4.74 Å². The summed E-state index contributed by atoms with van der Waals surface area (Å²) in [7, 11) is 2.14. The summed E-state index contributed by atoms with van der Waals surface area (Å²) < 4.78 is 5.71. The average molecular weight is 242 g/mol. The summed E-state index contributed by atoms with van der Waals surface area (Å²) in [5.41, 5.74) is 0.185. The summed E-state index contributed by atoms with van der Waals surface area (Å²) in [6, 6.07) is 0.261. The Kier molecular flexibility index (Phi) is 4.08. The second kappa shape index (κ2) is 5.22. The molecule has 0 amide bonds. The minimum atomic E-state index is 0.185. The molecule has 2 aliphatic rings. The lowest BCUT2D eigenvalue weighted by atomic mass is 9.96. The largest absolute Gasteiger partial charge is 0.395 e. The number of nitrogens with zero attached hydrogens (tertiary/aromatic N) is 2. The number of aliphatic hydroxyl groups excluding tert-OH is 1. The molecule has 0 aliphatic carbocycles. The molecule has 0 spiro atoms. The number of hydrogen-bond acceptors (Lipinski definition) is 4. The van der Waals surface area contributed by atoms with Gasteiger partial charge in [-0.2, -0.15) is 0 Å². The van der Waals surface area contributed by atoms with Crippen LogP contribution in [0.2, 0.25) is 0 Å². The third-order valence-corrected chi connectivity index (χ3v) is 4.30. The van der Waals surface area contributed by atoms with Crippen molar-refractivity contribution in [2.75, 3.05) is 39.9 Å². The predicted octanol–water partition coefficient (Wildman–Crippen LogP) is 0.552. The van der Waals surface area contributed by atoms with E-state index in [4.69, 9.17) is 4.74 Å². The topological polar surface area (TPSA) is 35.9 Å². The fourth-order valence-corrected chi connectivity index (χ4v) is 2.86. The van der Waals surface area contributed by atoms with E-state index < -0.39 is 0 Å². The van der Waals surface area contributed by atoms with E-state index in [0.29, 0.717) is 6.10 Å². The molecule has 0 bridgehead atoms. The maximum Gasteiger partial charge on any atom is 0.0703 e. The molecular weight excluding hydrogens is 216 g/mol. The molecule has 0 radical (unpaired) electrons. The molecule has 2 atom stereocenters. The van der Waals surface area contributed by atoms with Gasteiger partial charge in [0.25, 0.3) is 0 Å². The van der Waals surface area contributed by atoms with Crippen molar-refractivity contribution in [2.45, 2.75) is 44.4 Å². The fourth-order valence-electron chi connectivity index (χ4n) is 2.86. The summed E-state index contributed by atoms with van der Waals surface area (Å²) >= 11 is 0. The van der Waals surface area contributed by atoms with Crippen molar-refractivity contribution in [3.8, 4) is 0 Å². The third kappa shape index (κ3) is 2.99. The minimum absolute atomic E-state index is 0.185. The van der Waals surface area contributed by atoms with Crippen LogP contribution in [-0.4, -0.2) is 72.5 Å². The second-order valence-corrected chi connectivity index (χ2v) is 6.09. The molecule has 2 unspecified atom stereocenters. The molecular formula is C13H26N2O2. The van der Waals surface area contributed by atoms with Crippen LogP contribution in [0.1, 0.15) is 26.7 Å². The van der Waals surface area contributed by atoms with Crippen molar-refractivity contribution in [1.82, 2.24) is 9.80 Å². The zero-order valence-corrected chi connectivity index (χ0v) is 11.4. The van der Waals surface area contributed by atoms with E-state index >= 15 is 0 Å². The number of piperazine rings is 1. The van der Waals surface area contributed by atoms with Crippen LogP contribution in [0.15, 0.2) is 0 Å². The maximum absolute atomic E-state index is 9.51. The van der Waals surface area contributed by atoms with Gasteiger partial charge in [0, 0.05) is 37.8 Å². The first-order valence-electron chi connectivity index (χ1n) is 6.70. The van der Waals surface area contributed by atoms with E-state index in [2.05, 4.69) is 30.7 Å². The molecule has 100 valence electrons. The van der Waals surface area contributed by atoms with Crippen LogP contribution in [0.3, 0.4) is 0 Å². The van der Waals surface area contributed by atoms with Gasteiger partial charge < -0.3 is 9.84 Å².